The minimum absolute atomic E-state index is 0.249. The van der Waals surface area contributed by atoms with Crippen LogP contribution in [0.2, 0.25) is 0 Å². The van der Waals surface area contributed by atoms with Gasteiger partial charge in [-0.2, -0.15) is 0 Å². The van der Waals surface area contributed by atoms with Crippen LogP contribution in [0.1, 0.15) is 25.2 Å². The summed E-state index contributed by atoms with van der Waals surface area (Å²) >= 11 is 0. The summed E-state index contributed by atoms with van der Waals surface area (Å²) in [5.74, 6) is 2.03. The first-order chi connectivity index (χ1) is 10.1. The van der Waals surface area contributed by atoms with Gasteiger partial charge in [-0.1, -0.05) is 19.1 Å². The van der Waals surface area contributed by atoms with Crippen molar-refractivity contribution in [2.24, 2.45) is 0 Å². The summed E-state index contributed by atoms with van der Waals surface area (Å²) in [6, 6.07) is 6.76. The van der Waals surface area contributed by atoms with E-state index in [0.717, 1.165) is 29.4 Å². The molecule has 0 radical (unpaired) electrons. The minimum atomic E-state index is -0.249. The maximum absolute atomic E-state index is 14.1. The second kappa shape index (κ2) is 6.52. The number of nitrogens with zero attached hydrogens (tertiary/aromatic N) is 3. The van der Waals surface area contributed by atoms with Crippen molar-refractivity contribution < 1.29 is 4.39 Å². The fourth-order valence-electron chi connectivity index (χ4n) is 2.32. The predicted octanol–water partition coefficient (Wildman–Crippen LogP) is 3.69. The van der Waals surface area contributed by atoms with E-state index < -0.39 is 0 Å². The highest BCUT2D eigenvalue weighted by atomic mass is 19.1. The van der Waals surface area contributed by atoms with E-state index >= 15 is 0 Å². The zero-order valence-corrected chi connectivity index (χ0v) is 12.9. The molecule has 0 saturated carbocycles. The van der Waals surface area contributed by atoms with Crippen LogP contribution in [0.15, 0.2) is 24.3 Å². The molecule has 0 unspecified atom stereocenters. The Kier molecular flexibility index (Phi) is 4.73. The molecule has 0 atom stereocenters. The Morgan fingerprint density at radius 2 is 1.90 bits per heavy atom. The van der Waals surface area contributed by atoms with Crippen LogP contribution in [0, 0.1) is 12.7 Å². The third kappa shape index (κ3) is 2.96. The monoisotopic (exact) mass is 288 g/mol. The summed E-state index contributed by atoms with van der Waals surface area (Å²) in [6.07, 6.45) is 0.733. The Hall–Kier alpha value is -2.17. The maximum atomic E-state index is 14.1. The molecule has 2 aromatic rings. The third-order valence-electron chi connectivity index (χ3n) is 3.43. The molecule has 0 fully saturated rings. The molecule has 1 aromatic carbocycles. The molecule has 1 aromatic heterocycles. The van der Waals surface area contributed by atoms with E-state index in [1.54, 1.807) is 12.1 Å². The molecular formula is C16H21FN4. The van der Waals surface area contributed by atoms with Gasteiger partial charge in [0.05, 0.1) is 5.69 Å². The maximum Gasteiger partial charge on any atom is 0.146 e. The summed E-state index contributed by atoms with van der Waals surface area (Å²) in [4.78, 5) is 10.9. The minimum Gasteiger partial charge on any atom is -0.373 e. The van der Waals surface area contributed by atoms with Gasteiger partial charge in [0, 0.05) is 25.6 Å². The molecular weight excluding hydrogens is 267 g/mol. The first-order valence-electron chi connectivity index (χ1n) is 7.19. The van der Waals surface area contributed by atoms with E-state index in [2.05, 4.69) is 15.3 Å². The lowest BCUT2D eigenvalue weighted by Gasteiger charge is -2.25. The number of aromatic nitrogens is 2. The molecule has 0 bridgehead atoms. The van der Waals surface area contributed by atoms with E-state index in [4.69, 9.17) is 0 Å². The van der Waals surface area contributed by atoms with Crippen molar-refractivity contribution in [3.05, 3.63) is 41.5 Å². The molecule has 0 aliphatic carbocycles. The Morgan fingerprint density at radius 3 is 2.48 bits per heavy atom. The van der Waals surface area contributed by atoms with Crippen LogP contribution < -0.4 is 10.2 Å². The molecule has 0 amide bonds. The SMILES string of the molecule is CCc1nc(NC)c(C)c(N(CC)c2ccccc2F)n1. The number of nitrogens with one attached hydrogen (secondary N) is 1. The van der Waals surface area contributed by atoms with Crippen molar-refractivity contribution in [1.82, 2.24) is 9.97 Å². The third-order valence-corrected chi connectivity index (χ3v) is 3.43. The quantitative estimate of drug-likeness (QED) is 0.911. The van der Waals surface area contributed by atoms with Crippen molar-refractivity contribution in [2.75, 3.05) is 23.8 Å². The van der Waals surface area contributed by atoms with E-state index in [9.17, 15) is 4.39 Å². The molecule has 5 heteroatoms. The Balaban J connectivity index is 2.59. The highest BCUT2D eigenvalue weighted by Crippen LogP contribution is 2.31. The van der Waals surface area contributed by atoms with E-state index in [1.807, 2.05) is 38.8 Å². The van der Waals surface area contributed by atoms with E-state index in [1.165, 1.54) is 6.07 Å². The smallest absolute Gasteiger partial charge is 0.146 e. The normalized spacial score (nSPS) is 10.5. The van der Waals surface area contributed by atoms with Gasteiger partial charge in [-0.15, -0.1) is 0 Å². The van der Waals surface area contributed by atoms with E-state index in [-0.39, 0.29) is 5.82 Å². The number of para-hydroxylation sites is 1. The lowest BCUT2D eigenvalue weighted by molar-refractivity contribution is 0.625. The molecule has 21 heavy (non-hydrogen) atoms. The Labute approximate surface area is 125 Å². The fourth-order valence-corrected chi connectivity index (χ4v) is 2.32. The van der Waals surface area contributed by atoms with Gasteiger partial charge in [0.2, 0.25) is 0 Å². The van der Waals surface area contributed by atoms with Crippen LogP contribution in [0.3, 0.4) is 0 Å². The molecule has 0 aliphatic heterocycles. The summed E-state index contributed by atoms with van der Waals surface area (Å²) in [7, 11) is 1.83. The number of hydrogen-bond acceptors (Lipinski definition) is 4. The number of anilines is 3. The lowest BCUT2D eigenvalue weighted by atomic mass is 10.2. The topological polar surface area (TPSA) is 41.1 Å². The van der Waals surface area contributed by atoms with Gasteiger partial charge in [-0.3, -0.25) is 0 Å². The fraction of sp³-hybridized carbons (Fsp3) is 0.375. The zero-order chi connectivity index (χ0) is 15.4. The van der Waals surface area contributed by atoms with Gasteiger partial charge in [-0.25, -0.2) is 14.4 Å². The molecule has 0 spiro atoms. The second-order valence-electron chi connectivity index (χ2n) is 4.74. The van der Waals surface area contributed by atoms with Crippen molar-refractivity contribution in [2.45, 2.75) is 27.2 Å². The first-order valence-corrected chi connectivity index (χ1v) is 7.19. The lowest BCUT2D eigenvalue weighted by Crippen LogP contribution is -2.21. The molecule has 1 heterocycles. The van der Waals surface area contributed by atoms with E-state index in [0.29, 0.717) is 12.2 Å². The number of rotatable bonds is 5. The number of hydrogen-bond donors (Lipinski definition) is 1. The molecule has 0 saturated heterocycles. The molecule has 0 aliphatic rings. The highest BCUT2D eigenvalue weighted by Gasteiger charge is 2.18. The summed E-state index contributed by atoms with van der Waals surface area (Å²) in [5.41, 5.74) is 1.45. The van der Waals surface area contributed by atoms with Gasteiger partial charge in [0.25, 0.3) is 0 Å². The van der Waals surface area contributed by atoms with Crippen LogP contribution in [0.5, 0.6) is 0 Å². The van der Waals surface area contributed by atoms with Crippen LogP contribution in [0.25, 0.3) is 0 Å². The number of aryl methyl sites for hydroxylation is 1. The summed E-state index contributed by atoms with van der Waals surface area (Å²) in [6.45, 7) is 6.57. The second-order valence-corrected chi connectivity index (χ2v) is 4.74. The molecule has 4 nitrogen and oxygen atoms in total. The Bertz CT molecular complexity index is 628. The predicted molar refractivity (Wildman–Crippen MR) is 84.8 cm³/mol. The largest absolute Gasteiger partial charge is 0.373 e. The molecule has 112 valence electrons. The zero-order valence-electron chi connectivity index (χ0n) is 12.9. The summed E-state index contributed by atoms with van der Waals surface area (Å²) in [5, 5.41) is 3.08. The number of halogens is 1. The van der Waals surface area contributed by atoms with Crippen molar-refractivity contribution >= 4 is 17.3 Å². The van der Waals surface area contributed by atoms with Gasteiger partial charge in [0.15, 0.2) is 0 Å². The standard InChI is InChI=1S/C16H21FN4/c1-5-14-19-15(18-4)11(3)16(20-14)21(6-2)13-10-8-7-9-12(13)17/h7-10H,5-6H2,1-4H3,(H,18,19,20). The van der Waals surface area contributed by atoms with Crippen molar-refractivity contribution in [3.8, 4) is 0 Å². The molecule has 1 N–H and O–H groups in total. The average molecular weight is 288 g/mol. The first kappa shape index (κ1) is 15.2. The highest BCUT2D eigenvalue weighted by molar-refractivity contribution is 5.67. The summed E-state index contributed by atoms with van der Waals surface area (Å²) < 4.78 is 14.1. The Morgan fingerprint density at radius 1 is 1.19 bits per heavy atom. The van der Waals surface area contributed by atoms with Gasteiger partial charge < -0.3 is 10.2 Å². The van der Waals surface area contributed by atoms with Crippen LogP contribution in [-0.4, -0.2) is 23.6 Å². The van der Waals surface area contributed by atoms with Crippen molar-refractivity contribution in [1.29, 1.82) is 0 Å². The average Bonchev–Trinajstić information content (AvgIpc) is 2.51. The van der Waals surface area contributed by atoms with Crippen LogP contribution in [0.4, 0.5) is 21.7 Å². The van der Waals surface area contributed by atoms with Crippen molar-refractivity contribution in [3.63, 3.8) is 0 Å². The molecule has 2 rings (SSSR count). The number of benzene rings is 1. The van der Waals surface area contributed by atoms with Crippen LogP contribution in [-0.2, 0) is 6.42 Å². The van der Waals surface area contributed by atoms with Gasteiger partial charge >= 0.3 is 0 Å². The van der Waals surface area contributed by atoms with Crippen LogP contribution >= 0.6 is 0 Å². The van der Waals surface area contributed by atoms with Gasteiger partial charge in [-0.05, 0) is 26.0 Å². The van der Waals surface area contributed by atoms with Gasteiger partial charge in [0.1, 0.15) is 23.3 Å².